The highest BCUT2D eigenvalue weighted by atomic mass is 79.9. The van der Waals surface area contributed by atoms with Crippen LogP contribution in [0.5, 0.6) is 0 Å². The summed E-state index contributed by atoms with van der Waals surface area (Å²) in [6.45, 7) is 0. The SMILES string of the molecule is O=C(Nc1cc(Br)ccc1Cl)c1cc(S)ccc1Br. The predicted octanol–water partition coefficient (Wildman–Crippen LogP) is 5.41. The molecular weight excluding hydrogens is 413 g/mol. The molecule has 1 amide bonds. The molecule has 6 heteroatoms. The molecule has 0 aliphatic rings. The van der Waals surface area contributed by atoms with Crippen LogP contribution in [0.2, 0.25) is 5.02 Å². The second kappa shape index (κ2) is 6.31. The average Bonchev–Trinajstić information content (AvgIpc) is 2.36. The number of benzene rings is 2. The third kappa shape index (κ3) is 3.75. The standard InChI is InChI=1S/C13H8Br2ClNOS/c14-7-1-4-11(16)12(5-7)17-13(18)9-6-8(19)2-3-10(9)15/h1-6,19H,(H,17,18). The third-order valence-corrected chi connectivity index (χ3v) is 4.16. The highest BCUT2D eigenvalue weighted by Gasteiger charge is 2.12. The van der Waals surface area contributed by atoms with E-state index in [2.05, 4.69) is 49.8 Å². The van der Waals surface area contributed by atoms with Gasteiger partial charge in [0.15, 0.2) is 0 Å². The summed E-state index contributed by atoms with van der Waals surface area (Å²) in [5.74, 6) is -0.247. The van der Waals surface area contributed by atoms with Gasteiger partial charge in [-0.1, -0.05) is 27.5 Å². The summed E-state index contributed by atoms with van der Waals surface area (Å²) in [6.07, 6.45) is 0. The molecule has 0 atom stereocenters. The summed E-state index contributed by atoms with van der Waals surface area (Å²) in [4.78, 5) is 12.9. The second-order valence-corrected chi connectivity index (χ2v) is 6.44. The maximum atomic E-state index is 12.2. The van der Waals surface area contributed by atoms with Crippen LogP contribution in [-0.2, 0) is 0 Å². The van der Waals surface area contributed by atoms with Crippen molar-refractivity contribution >= 4 is 67.7 Å². The fraction of sp³-hybridized carbons (Fsp3) is 0. The normalized spacial score (nSPS) is 10.3. The quantitative estimate of drug-likeness (QED) is 0.624. The van der Waals surface area contributed by atoms with Gasteiger partial charge in [-0.3, -0.25) is 4.79 Å². The molecule has 2 rings (SSSR count). The van der Waals surface area contributed by atoms with Gasteiger partial charge in [0.1, 0.15) is 0 Å². The van der Waals surface area contributed by atoms with Crippen LogP contribution in [0.4, 0.5) is 5.69 Å². The van der Waals surface area contributed by atoms with E-state index in [1.165, 1.54) is 0 Å². The van der Waals surface area contributed by atoms with Crippen LogP contribution in [0.25, 0.3) is 0 Å². The molecule has 0 spiro atoms. The largest absolute Gasteiger partial charge is 0.321 e. The molecule has 0 aliphatic heterocycles. The van der Waals surface area contributed by atoms with Crippen LogP contribution in [0, 0.1) is 0 Å². The lowest BCUT2D eigenvalue weighted by Gasteiger charge is -2.09. The van der Waals surface area contributed by atoms with Crippen molar-refractivity contribution in [3.05, 3.63) is 55.9 Å². The van der Waals surface area contributed by atoms with Gasteiger partial charge >= 0.3 is 0 Å². The van der Waals surface area contributed by atoms with Crippen LogP contribution in [0.1, 0.15) is 10.4 Å². The number of amides is 1. The van der Waals surface area contributed by atoms with E-state index in [4.69, 9.17) is 11.6 Å². The first-order chi connectivity index (χ1) is 8.97. The Morgan fingerprint density at radius 3 is 2.63 bits per heavy atom. The van der Waals surface area contributed by atoms with Gasteiger partial charge in [-0.15, -0.1) is 12.6 Å². The molecule has 2 aromatic rings. The molecule has 0 radical (unpaired) electrons. The highest BCUT2D eigenvalue weighted by molar-refractivity contribution is 9.10. The molecule has 19 heavy (non-hydrogen) atoms. The fourth-order valence-corrected chi connectivity index (χ4v) is 2.63. The van der Waals surface area contributed by atoms with Gasteiger partial charge in [-0.2, -0.15) is 0 Å². The van der Waals surface area contributed by atoms with E-state index in [-0.39, 0.29) is 5.91 Å². The molecule has 0 bridgehead atoms. The zero-order valence-corrected chi connectivity index (χ0v) is 14.3. The number of rotatable bonds is 2. The van der Waals surface area contributed by atoms with E-state index in [0.29, 0.717) is 25.6 Å². The molecule has 0 aromatic heterocycles. The van der Waals surface area contributed by atoms with Crippen molar-refractivity contribution in [2.45, 2.75) is 4.90 Å². The van der Waals surface area contributed by atoms with E-state index in [9.17, 15) is 4.79 Å². The minimum atomic E-state index is -0.247. The van der Waals surface area contributed by atoms with E-state index in [1.807, 2.05) is 6.07 Å². The Bertz CT molecular complexity index is 649. The number of anilines is 1. The maximum Gasteiger partial charge on any atom is 0.256 e. The van der Waals surface area contributed by atoms with Gasteiger partial charge in [-0.25, -0.2) is 0 Å². The van der Waals surface area contributed by atoms with Gasteiger partial charge < -0.3 is 5.32 Å². The molecule has 2 nitrogen and oxygen atoms in total. The van der Waals surface area contributed by atoms with Crippen molar-refractivity contribution < 1.29 is 4.79 Å². The first-order valence-corrected chi connectivity index (χ1v) is 7.63. The topological polar surface area (TPSA) is 29.1 Å². The van der Waals surface area contributed by atoms with E-state index >= 15 is 0 Å². The monoisotopic (exact) mass is 419 g/mol. The Morgan fingerprint density at radius 2 is 1.89 bits per heavy atom. The molecule has 0 saturated heterocycles. The third-order valence-electron chi connectivity index (χ3n) is 2.37. The number of carbonyl (C=O) groups excluding carboxylic acids is 1. The Labute approximate surface area is 138 Å². The smallest absolute Gasteiger partial charge is 0.256 e. The second-order valence-electron chi connectivity index (χ2n) is 3.74. The minimum absolute atomic E-state index is 0.247. The first-order valence-electron chi connectivity index (χ1n) is 5.22. The predicted molar refractivity (Wildman–Crippen MR) is 88.5 cm³/mol. The van der Waals surface area contributed by atoms with Gasteiger partial charge in [0.25, 0.3) is 5.91 Å². The van der Waals surface area contributed by atoms with Crippen molar-refractivity contribution in [1.29, 1.82) is 0 Å². The molecule has 0 fully saturated rings. The average molecular weight is 422 g/mol. The maximum absolute atomic E-state index is 12.2. The zero-order chi connectivity index (χ0) is 14.0. The van der Waals surface area contributed by atoms with Crippen LogP contribution < -0.4 is 5.32 Å². The fourth-order valence-electron chi connectivity index (χ4n) is 1.47. The van der Waals surface area contributed by atoms with Gasteiger partial charge in [0.2, 0.25) is 0 Å². The molecule has 1 N–H and O–H groups in total. The van der Waals surface area contributed by atoms with Crippen molar-refractivity contribution in [2.75, 3.05) is 5.32 Å². The first kappa shape index (κ1) is 14.9. The van der Waals surface area contributed by atoms with Crippen molar-refractivity contribution in [3.63, 3.8) is 0 Å². The van der Waals surface area contributed by atoms with Crippen LogP contribution in [0.15, 0.2) is 50.2 Å². The van der Waals surface area contributed by atoms with Crippen LogP contribution >= 0.6 is 56.1 Å². The molecule has 98 valence electrons. The molecule has 0 saturated carbocycles. The lowest BCUT2D eigenvalue weighted by atomic mass is 10.2. The van der Waals surface area contributed by atoms with E-state index < -0.39 is 0 Å². The minimum Gasteiger partial charge on any atom is -0.321 e. The number of hydrogen-bond acceptors (Lipinski definition) is 2. The molecule has 0 heterocycles. The van der Waals surface area contributed by atoms with Gasteiger partial charge in [0, 0.05) is 13.8 Å². The van der Waals surface area contributed by atoms with Gasteiger partial charge in [0.05, 0.1) is 16.3 Å². The summed E-state index contributed by atoms with van der Waals surface area (Å²) in [6, 6.07) is 10.5. The summed E-state index contributed by atoms with van der Waals surface area (Å²) in [5, 5.41) is 3.25. The summed E-state index contributed by atoms with van der Waals surface area (Å²) in [5.41, 5.74) is 1.06. The zero-order valence-electron chi connectivity index (χ0n) is 9.45. The molecule has 2 aromatic carbocycles. The lowest BCUT2D eigenvalue weighted by Crippen LogP contribution is -2.13. The van der Waals surface area contributed by atoms with Crippen LogP contribution in [-0.4, -0.2) is 5.91 Å². The Morgan fingerprint density at radius 1 is 1.16 bits per heavy atom. The Balaban J connectivity index is 2.30. The number of nitrogens with one attached hydrogen (secondary N) is 1. The summed E-state index contributed by atoms with van der Waals surface area (Å²) >= 11 is 16.9. The summed E-state index contributed by atoms with van der Waals surface area (Å²) < 4.78 is 1.54. The number of halogens is 3. The lowest BCUT2D eigenvalue weighted by molar-refractivity contribution is 0.102. The van der Waals surface area contributed by atoms with Crippen molar-refractivity contribution in [3.8, 4) is 0 Å². The Hall–Kier alpha value is -0.490. The molecule has 0 aliphatic carbocycles. The number of hydrogen-bond donors (Lipinski definition) is 2. The van der Waals surface area contributed by atoms with Crippen molar-refractivity contribution in [2.24, 2.45) is 0 Å². The highest BCUT2D eigenvalue weighted by Crippen LogP contribution is 2.27. The van der Waals surface area contributed by atoms with E-state index in [0.717, 1.165) is 4.47 Å². The van der Waals surface area contributed by atoms with E-state index in [1.54, 1.807) is 30.3 Å². The van der Waals surface area contributed by atoms with Crippen molar-refractivity contribution in [1.82, 2.24) is 0 Å². The van der Waals surface area contributed by atoms with Gasteiger partial charge in [-0.05, 0) is 52.3 Å². The summed E-state index contributed by atoms with van der Waals surface area (Å²) in [7, 11) is 0. The number of carbonyl (C=O) groups is 1. The molecular formula is C13H8Br2ClNOS. The van der Waals surface area contributed by atoms with Crippen LogP contribution in [0.3, 0.4) is 0 Å². The Kier molecular flexibility index (Phi) is 4.95. The number of thiol groups is 1. The molecule has 0 unspecified atom stereocenters.